The number of esters is 1. The van der Waals surface area contributed by atoms with Crippen molar-refractivity contribution in [1.82, 2.24) is 4.90 Å². The van der Waals surface area contributed by atoms with Gasteiger partial charge < -0.3 is 4.74 Å². The Hall–Kier alpha value is -0.870. The average Bonchev–Trinajstić information content (AvgIpc) is 2.43. The number of likely N-dealkylation sites (tertiary alicyclic amines) is 1. The van der Waals surface area contributed by atoms with E-state index in [0.29, 0.717) is 17.6 Å². The van der Waals surface area contributed by atoms with E-state index in [-0.39, 0.29) is 12.1 Å². The van der Waals surface area contributed by atoms with E-state index in [9.17, 15) is 4.79 Å². The Morgan fingerprint density at radius 1 is 1.29 bits per heavy atom. The van der Waals surface area contributed by atoms with Gasteiger partial charge in [0.15, 0.2) is 0 Å². The van der Waals surface area contributed by atoms with Crippen molar-refractivity contribution in [2.75, 3.05) is 6.54 Å². The van der Waals surface area contributed by atoms with Crippen LogP contribution in [0.1, 0.15) is 50.4 Å². The Morgan fingerprint density at radius 3 is 2.43 bits per heavy atom. The van der Waals surface area contributed by atoms with E-state index in [4.69, 9.17) is 4.74 Å². The third-order valence-corrected chi connectivity index (χ3v) is 4.76. The van der Waals surface area contributed by atoms with Gasteiger partial charge in [-0.3, -0.25) is 4.90 Å². The molecule has 0 spiro atoms. The molecule has 0 amide bonds. The summed E-state index contributed by atoms with van der Waals surface area (Å²) in [6.07, 6.45) is 3.67. The Kier molecular flexibility index (Phi) is 5.82. The number of carbonyl (C=O) groups is 1. The van der Waals surface area contributed by atoms with E-state index < -0.39 is 0 Å². The fourth-order valence-electron chi connectivity index (χ4n) is 3.01. The summed E-state index contributed by atoms with van der Waals surface area (Å²) in [6, 6.07) is 8.42. The molecule has 2 rings (SSSR count). The zero-order valence-electron chi connectivity index (χ0n) is 13.0. The summed E-state index contributed by atoms with van der Waals surface area (Å²) >= 11 is 3.37. The fourth-order valence-corrected chi connectivity index (χ4v) is 3.27. The van der Waals surface area contributed by atoms with E-state index in [1.807, 2.05) is 19.1 Å². The van der Waals surface area contributed by atoms with Crippen LogP contribution in [0.2, 0.25) is 0 Å². The van der Waals surface area contributed by atoms with Gasteiger partial charge in [-0.15, -0.1) is 0 Å². The SMILES string of the molecule is C[C@H](CN1[C@H](C)CCC[C@H]1C)OC(=O)c1ccc(Br)cc1. The lowest BCUT2D eigenvalue weighted by Gasteiger charge is -2.40. The van der Waals surface area contributed by atoms with Crippen LogP contribution in [0.4, 0.5) is 0 Å². The van der Waals surface area contributed by atoms with Crippen molar-refractivity contribution in [3.8, 4) is 0 Å². The van der Waals surface area contributed by atoms with Crippen LogP contribution >= 0.6 is 15.9 Å². The first-order valence-electron chi connectivity index (χ1n) is 7.69. The highest BCUT2D eigenvalue weighted by Gasteiger charge is 2.26. The summed E-state index contributed by atoms with van der Waals surface area (Å²) in [5.41, 5.74) is 0.602. The Balaban J connectivity index is 1.90. The number of nitrogens with zero attached hydrogens (tertiary/aromatic N) is 1. The van der Waals surface area contributed by atoms with Gasteiger partial charge in [0.2, 0.25) is 0 Å². The van der Waals surface area contributed by atoms with Gasteiger partial charge in [0, 0.05) is 23.1 Å². The standard InChI is InChI=1S/C17H24BrNO2/c1-12-5-4-6-13(2)19(12)11-14(3)21-17(20)15-7-9-16(18)10-8-15/h7-10,12-14H,4-6,11H2,1-3H3/t12-,13-,14-/m1/s1. The molecule has 0 aliphatic carbocycles. The number of rotatable bonds is 4. The van der Waals surface area contributed by atoms with E-state index in [1.165, 1.54) is 19.3 Å². The second kappa shape index (κ2) is 7.41. The second-order valence-electron chi connectivity index (χ2n) is 6.05. The maximum Gasteiger partial charge on any atom is 0.338 e. The van der Waals surface area contributed by atoms with Crippen LogP contribution in [0.5, 0.6) is 0 Å². The molecule has 0 bridgehead atoms. The predicted molar refractivity (Wildman–Crippen MR) is 88.5 cm³/mol. The molecule has 4 heteroatoms. The van der Waals surface area contributed by atoms with Gasteiger partial charge in [-0.2, -0.15) is 0 Å². The van der Waals surface area contributed by atoms with E-state index in [2.05, 4.69) is 34.7 Å². The van der Waals surface area contributed by atoms with E-state index in [1.54, 1.807) is 12.1 Å². The molecule has 0 aromatic heterocycles. The average molecular weight is 354 g/mol. The zero-order valence-corrected chi connectivity index (χ0v) is 14.6. The number of benzene rings is 1. The Morgan fingerprint density at radius 2 is 1.86 bits per heavy atom. The molecule has 0 N–H and O–H groups in total. The Bertz CT molecular complexity index is 464. The minimum Gasteiger partial charge on any atom is -0.458 e. The third kappa shape index (κ3) is 4.55. The lowest BCUT2D eigenvalue weighted by Crippen LogP contribution is -2.47. The highest BCUT2D eigenvalue weighted by molar-refractivity contribution is 9.10. The summed E-state index contributed by atoms with van der Waals surface area (Å²) in [5, 5.41) is 0. The van der Waals surface area contributed by atoms with Gasteiger partial charge in [0.1, 0.15) is 6.10 Å². The van der Waals surface area contributed by atoms with Crippen molar-refractivity contribution in [3.63, 3.8) is 0 Å². The fraction of sp³-hybridized carbons (Fsp3) is 0.588. The minimum absolute atomic E-state index is 0.0934. The number of hydrogen-bond donors (Lipinski definition) is 0. The van der Waals surface area contributed by atoms with Gasteiger partial charge in [-0.05, 0) is 57.9 Å². The number of ether oxygens (including phenoxy) is 1. The van der Waals surface area contributed by atoms with Gasteiger partial charge in [-0.25, -0.2) is 4.79 Å². The highest BCUT2D eigenvalue weighted by Crippen LogP contribution is 2.23. The third-order valence-electron chi connectivity index (χ3n) is 4.23. The number of carbonyl (C=O) groups excluding carboxylic acids is 1. The van der Waals surface area contributed by atoms with Crippen molar-refractivity contribution in [2.45, 2.75) is 58.2 Å². The van der Waals surface area contributed by atoms with Crippen molar-refractivity contribution in [1.29, 1.82) is 0 Å². The number of hydrogen-bond acceptors (Lipinski definition) is 3. The van der Waals surface area contributed by atoms with Crippen molar-refractivity contribution in [2.24, 2.45) is 0 Å². The van der Waals surface area contributed by atoms with Crippen LogP contribution in [0.15, 0.2) is 28.7 Å². The molecular weight excluding hydrogens is 330 g/mol. The molecule has 1 fully saturated rings. The molecule has 21 heavy (non-hydrogen) atoms. The molecule has 0 radical (unpaired) electrons. The van der Waals surface area contributed by atoms with Crippen molar-refractivity contribution in [3.05, 3.63) is 34.3 Å². The summed E-state index contributed by atoms with van der Waals surface area (Å²) in [5.74, 6) is -0.243. The topological polar surface area (TPSA) is 29.5 Å². The number of halogens is 1. The summed E-state index contributed by atoms with van der Waals surface area (Å²) in [6.45, 7) is 7.31. The molecule has 0 saturated carbocycles. The molecule has 3 nitrogen and oxygen atoms in total. The largest absolute Gasteiger partial charge is 0.458 e. The first kappa shape index (κ1) is 16.5. The van der Waals surface area contributed by atoms with Crippen LogP contribution in [0.25, 0.3) is 0 Å². The Labute approximate surface area is 135 Å². The molecule has 1 saturated heterocycles. The lowest BCUT2D eigenvalue weighted by atomic mass is 9.97. The normalized spacial score (nSPS) is 24.6. The molecule has 1 aromatic rings. The van der Waals surface area contributed by atoms with E-state index in [0.717, 1.165) is 11.0 Å². The second-order valence-corrected chi connectivity index (χ2v) is 6.96. The van der Waals surface area contributed by atoms with Crippen LogP contribution in [0.3, 0.4) is 0 Å². The summed E-state index contributed by atoms with van der Waals surface area (Å²) in [4.78, 5) is 14.6. The van der Waals surface area contributed by atoms with Gasteiger partial charge >= 0.3 is 5.97 Å². The molecule has 1 aliphatic heterocycles. The summed E-state index contributed by atoms with van der Waals surface area (Å²) < 4.78 is 6.54. The molecular formula is C17H24BrNO2. The van der Waals surface area contributed by atoms with Crippen LogP contribution in [0, 0.1) is 0 Å². The van der Waals surface area contributed by atoms with Gasteiger partial charge in [0.05, 0.1) is 5.56 Å². The maximum absolute atomic E-state index is 12.1. The lowest BCUT2D eigenvalue weighted by molar-refractivity contribution is 0.00812. The monoisotopic (exact) mass is 353 g/mol. The van der Waals surface area contributed by atoms with Crippen molar-refractivity contribution >= 4 is 21.9 Å². The molecule has 0 unspecified atom stereocenters. The molecule has 116 valence electrons. The number of piperidine rings is 1. The first-order valence-corrected chi connectivity index (χ1v) is 8.49. The van der Waals surface area contributed by atoms with E-state index >= 15 is 0 Å². The zero-order chi connectivity index (χ0) is 15.4. The summed E-state index contributed by atoms with van der Waals surface area (Å²) in [7, 11) is 0. The first-order chi connectivity index (χ1) is 9.97. The maximum atomic E-state index is 12.1. The smallest absolute Gasteiger partial charge is 0.338 e. The molecule has 3 atom stereocenters. The minimum atomic E-state index is -0.243. The predicted octanol–water partition coefficient (Wildman–Crippen LogP) is 4.26. The van der Waals surface area contributed by atoms with Crippen molar-refractivity contribution < 1.29 is 9.53 Å². The van der Waals surface area contributed by atoms with Gasteiger partial charge in [-0.1, -0.05) is 22.4 Å². The van der Waals surface area contributed by atoms with Crippen LogP contribution in [-0.4, -0.2) is 35.6 Å². The van der Waals surface area contributed by atoms with Crippen LogP contribution in [-0.2, 0) is 4.74 Å². The molecule has 1 aromatic carbocycles. The quantitative estimate of drug-likeness (QED) is 0.757. The van der Waals surface area contributed by atoms with Gasteiger partial charge in [0.25, 0.3) is 0 Å². The molecule has 1 aliphatic rings. The van der Waals surface area contributed by atoms with Crippen LogP contribution < -0.4 is 0 Å². The molecule has 1 heterocycles. The highest BCUT2D eigenvalue weighted by atomic mass is 79.9.